The van der Waals surface area contributed by atoms with Crippen LogP contribution >= 0.6 is 11.6 Å². The summed E-state index contributed by atoms with van der Waals surface area (Å²) < 4.78 is 5.21. The molecule has 2 N–H and O–H groups in total. The SMILES string of the molecule is CCC1CCN(C(CN)c2ccc(OC)c(Cl)c2)CC1. The van der Waals surface area contributed by atoms with Gasteiger partial charge in [0, 0.05) is 12.6 Å². The van der Waals surface area contributed by atoms with Crippen molar-refractivity contribution >= 4 is 11.6 Å². The molecule has 0 aliphatic carbocycles. The van der Waals surface area contributed by atoms with Crippen molar-refractivity contribution < 1.29 is 4.74 Å². The van der Waals surface area contributed by atoms with E-state index in [1.807, 2.05) is 12.1 Å². The van der Waals surface area contributed by atoms with E-state index >= 15 is 0 Å². The van der Waals surface area contributed by atoms with Crippen molar-refractivity contribution in [2.24, 2.45) is 11.7 Å². The van der Waals surface area contributed by atoms with E-state index in [1.54, 1.807) is 7.11 Å². The Kier molecular flexibility index (Phi) is 5.70. The van der Waals surface area contributed by atoms with Crippen LogP contribution in [0.25, 0.3) is 0 Å². The molecule has 112 valence electrons. The highest BCUT2D eigenvalue weighted by Crippen LogP contribution is 2.32. The minimum absolute atomic E-state index is 0.260. The number of ether oxygens (including phenoxy) is 1. The van der Waals surface area contributed by atoms with Gasteiger partial charge in [-0.05, 0) is 49.5 Å². The van der Waals surface area contributed by atoms with Gasteiger partial charge in [-0.3, -0.25) is 4.90 Å². The number of likely N-dealkylation sites (tertiary alicyclic amines) is 1. The van der Waals surface area contributed by atoms with E-state index in [4.69, 9.17) is 22.1 Å². The molecule has 4 heteroatoms. The highest BCUT2D eigenvalue weighted by atomic mass is 35.5. The molecule has 1 unspecified atom stereocenters. The lowest BCUT2D eigenvalue weighted by Gasteiger charge is -2.37. The van der Waals surface area contributed by atoms with Gasteiger partial charge in [-0.1, -0.05) is 31.0 Å². The van der Waals surface area contributed by atoms with Gasteiger partial charge in [0.1, 0.15) is 5.75 Å². The van der Waals surface area contributed by atoms with E-state index in [-0.39, 0.29) is 6.04 Å². The monoisotopic (exact) mass is 296 g/mol. The van der Waals surface area contributed by atoms with Gasteiger partial charge in [0.2, 0.25) is 0 Å². The van der Waals surface area contributed by atoms with Crippen LogP contribution < -0.4 is 10.5 Å². The van der Waals surface area contributed by atoms with Gasteiger partial charge in [0.25, 0.3) is 0 Å². The number of rotatable bonds is 5. The quantitative estimate of drug-likeness (QED) is 0.904. The fraction of sp³-hybridized carbons (Fsp3) is 0.625. The third-order valence-corrected chi connectivity index (χ3v) is 4.75. The lowest BCUT2D eigenvalue weighted by molar-refractivity contribution is 0.134. The van der Waals surface area contributed by atoms with Gasteiger partial charge in [0.05, 0.1) is 12.1 Å². The first kappa shape index (κ1) is 15.6. The predicted octanol–water partition coefficient (Wildman–Crippen LogP) is 3.47. The highest BCUT2D eigenvalue weighted by Gasteiger charge is 2.25. The van der Waals surface area contributed by atoms with Gasteiger partial charge < -0.3 is 10.5 Å². The molecule has 0 radical (unpaired) electrons. The summed E-state index contributed by atoms with van der Waals surface area (Å²) in [4.78, 5) is 2.49. The zero-order chi connectivity index (χ0) is 14.5. The van der Waals surface area contributed by atoms with Crippen LogP contribution in [0.1, 0.15) is 37.8 Å². The number of hydrogen-bond donors (Lipinski definition) is 1. The van der Waals surface area contributed by atoms with E-state index in [9.17, 15) is 0 Å². The summed E-state index contributed by atoms with van der Waals surface area (Å²) >= 11 is 6.23. The molecule has 1 aliphatic rings. The molecule has 1 aliphatic heterocycles. The number of nitrogens with two attached hydrogens (primary N) is 1. The Bertz CT molecular complexity index is 430. The lowest BCUT2D eigenvalue weighted by Crippen LogP contribution is -2.39. The van der Waals surface area contributed by atoms with Crippen LogP contribution in [0.3, 0.4) is 0 Å². The molecule has 0 bridgehead atoms. The van der Waals surface area contributed by atoms with Crippen LogP contribution in [0, 0.1) is 5.92 Å². The average molecular weight is 297 g/mol. The maximum absolute atomic E-state index is 6.23. The van der Waals surface area contributed by atoms with Crippen LogP contribution in [0.15, 0.2) is 18.2 Å². The zero-order valence-electron chi connectivity index (χ0n) is 12.4. The molecular weight excluding hydrogens is 272 g/mol. The average Bonchev–Trinajstić information content (AvgIpc) is 2.49. The molecule has 0 spiro atoms. The molecule has 1 saturated heterocycles. The summed E-state index contributed by atoms with van der Waals surface area (Å²) in [6, 6.07) is 6.26. The van der Waals surface area contributed by atoms with E-state index in [1.165, 1.54) is 24.8 Å². The van der Waals surface area contributed by atoms with E-state index in [2.05, 4.69) is 17.9 Å². The maximum Gasteiger partial charge on any atom is 0.137 e. The standard InChI is InChI=1S/C16H25ClN2O/c1-3-12-6-8-19(9-7-12)15(11-18)13-4-5-16(20-2)14(17)10-13/h4-5,10,12,15H,3,6-9,11,18H2,1-2H3. The first-order valence-corrected chi connectivity index (χ1v) is 7.85. The van der Waals surface area contributed by atoms with Crippen molar-refractivity contribution in [3.63, 3.8) is 0 Å². The second-order valence-corrected chi connectivity index (χ2v) is 5.94. The fourth-order valence-corrected chi connectivity index (χ4v) is 3.32. The molecule has 1 aromatic rings. The van der Waals surface area contributed by atoms with Gasteiger partial charge >= 0.3 is 0 Å². The van der Waals surface area contributed by atoms with Crippen molar-refractivity contribution in [1.29, 1.82) is 0 Å². The summed E-state index contributed by atoms with van der Waals surface area (Å²) in [5.74, 6) is 1.60. The topological polar surface area (TPSA) is 38.5 Å². The number of nitrogens with zero attached hydrogens (tertiary/aromatic N) is 1. The molecular formula is C16H25ClN2O. The molecule has 2 rings (SSSR count). The second-order valence-electron chi connectivity index (χ2n) is 5.53. The normalized spacial score (nSPS) is 19.0. The van der Waals surface area contributed by atoms with Crippen LogP contribution in [-0.2, 0) is 0 Å². The minimum Gasteiger partial charge on any atom is -0.495 e. The maximum atomic E-state index is 6.23. The lowest BCUT2D eigenvalue weighted by atomic mass is 9.92. The van der Waals surface area contributed by atoms with Crippen molar-refractivity contribution in [2.75, 3.05) is 26.7 Å². The van der Waals surface area contributed by atoms with Crippen molar-refractivity contribution in [2.45, 2.75) is 32.2 Å². The molecule has 1 aromatic carbocycles. The first-order valence-electron chi connectivity index (χ1n) is 7.47. The summed E-state index contributed by atoms with van der Waals surface area (Å²) in [6.45, 7) is 5.16. The van der Waals surface area contributed by atoms with Crippen LogP contribution in [0.4, 0.5) is 0 Å². The van der Waals surface area contributed by atoms with Gasteiger partial charge in [-0.25, -0.2) is 0 Å². The Balaban J connectivity index is 2.10. The van der Waals surface area contributed by atoms with Crippen molar-refractivity contribution in [3.8, 4) is 5.75 Å². The summed E-state index contributed by atoms with van der Waals surface area (Å²) in [7, 11) is 1.64. The molecule has 1 fully saturated rings. The van der Waals surface area contributed by atoms with E-state index in [0.717, 1.165) is 24.8 Å². The Morgan fingerprint density at radius 2 is 2.10 bits per heavy atom. The van der Waals surface area contributed by atoms with Crippen molar-refractivity contribution in [1.82, 2.24) is 4.90 Å². The van der Waals surface area contributed by atoms with Crippen LogP contribution in [0.5, 0.6) is 5.75 Å². The van der Waals surface area contributed by atoms with Crippen LogP contribution in [-0.4, -0.2) is 31.6 Å². The molecule has 3 nitrogen and oxygen atoms in total. The summed E-state index contributed by atoms with van der Waals surface area (Å²) in [5.41, 5.74) is 7.20. The Morgan fingerprint density at radius 1 is 1.40 bits per heavy atom. The third kappa shape index (κ3) is 3.46. The fourth-order valence-electron chi connectivity index (χ4n) is 3.06. The molecule has 0 saturated carbocycles. The number of benzene rings is 1. The largest absolute Gasteiger partial charge is 0.495 e. The number of hydrogen-bond acceptors (Lipinski definition) is 3. The van der Waals surface area contributed by atoms with Gasteiger partial charge in [-0.15, -0.1) is 0 Å². The molecule has 1 heterocycles. The third-order valence-electron chi connectivity index (χ3n) is 4.45. The smallest absolute Gasteiger partial charge is 0.137 e. The van der Waals surface area contributed by atoms with E-state index in [0.29, 0.717) is 11.6 Å². The van der Waals surface area contributed by atoms with Gasteiger partial charge in [0.15, 0.2) is 0 Å². The zero-order valence-corrected chi connectivity index (χ0v) is 13.2. The molecule has 0 amide bonds. The summed E-state index contributed by atoms with van der Waals surface area (Å²) in [5, 5.41) is 0.659. The van der Waals surface area contributed by atoms with Crippen LogP contribution in [0.2, 0.25) is 5.02 Å². The number of piperidine rings is 1. The molecule has 0 aromatic heterocycles. The molecule has 1 atom stereocenters. The van der Waals surface area contributed by atoms with E-state index < -0.39 is 0 Å². The molecule has 20 heavy (non-hydrogen) atoms. The Morgan fingerprint density at radius 3 is 2.60 bits per heavy atom. The first-order chi connectivity index (χ1) is 9.69. The summed E-state index contributed by atoms with van der Waals surface area (Å²) in [6.07, 6.45) is 3.84. The second kappa shape index (κ2) is 7.30. The number of methoxy groups -OCH3 is 1. The Hall–Kier alpha value is -0.770. The van der Waals surface area contributed by atoms with Gasteiger partial charge in [-0.2, -0.15) is 0 Å². The van der Waals surface area contributed by atoms with Crippen molar-refractivity contribution in [3.05, 3.63) is 28.8 Å². The number of halogens is 1. The highest BCUT2D eigenvalue weighted by molar-refractivity contribution is 6.32. The Labute approximate surface area is 127 Å². The minimum atomic E-state index is 0.260. The predicted molar refractivity (Wildman–Crippen MR) is 84.4 cm³/mol.